The molecule has 0 radical (unpaired) electrons. The van der Waals surface area contributed by atoms with Crippen LogP contribution in [0.2, 0.25) is 0 Å². The highest BCUT2D eigenvalue weighted by Gasteiger charge is 2.38. The maximum Gasteiger partial charge on any atom is 0.326 e. The van der Waals surface area contributed by atoms with Gasteiger partial charge in [0.05, 0.1) is 6.61 Å². The lowest BCUT2D eigenvalue weighted by molar-refractivity contribution is -0.139. The molecule has 2 aliphatic rings. The van der Waals surface area contributed by atoms with Gasteiger partial charge in [-0.1, -0.05) is 12.8 Å². The molecule has 2 saturated carbocycles. The second-order valence-electron chi connectivity index (χ2n) is 5.46. The summed E-state index contributed by atoms with van der Waals surface area (Å²) in [6, 6.07) is -0.990. The van der Waals surface area contributed by atoms with Crippen LogP contribution < -0.4 is 5.32 Å². The first-order chi connectivity index (χ1) is 9.13. The van der Waals surface area contributed by atoms with E-state index in [9.17, 15) is 9.59 Å². The van der Waals surface area contributed by atoms with Gasteiger partial charge in [0, 0.05) is 12.6 Å². The van der Waals surface area contributed by atoms with Crippen LogP contribution in [0.4, 0.5) is 4.79 Å². The number of aliphatic hydroxyl groups excluding tert-OH is 1. The van der Waals surface area contributed by atoms with Gasteiger partial charge in [-0.2, -0.15) is 0 Å². The molecule has 0 heterocycles. The first-order valence-electron chi connectivity index (χ1n) is 7.04. The van der Waals surface area contributed by atoms with Crippen molar-refractivity contribution in [1.29, 1.82) is 0 Å². The molecule has 6 heteroatoms. The van der Waals surface area contributed by atoms with E-state index in [0.29, 0.717) is 0 Å². The third kappa shape index (κ3) is 3.59. The molecule has 2 rings (SSSR count). The zero-order chi connectivity index (χ0) is 13.8. The normalized spacial score (nSPS) is 21.1. The molecule has 1 atom stereocenters. The van der Waals surface area contributed by atoms with E-state index in [2.05, 4.69) is 5.32 Å². The summed E-state index contributed by atoms with van der Waals surface area (Å²) in [6.07, 6.45) is 5.78. The van der Waals surface area contributed by atoms with E-state index >= 15 is 0 Å². The highest BCUT2D eigenvalue weighted by molar-refractivity contribution is 5.83. The summed E-state index contributed by atoms with van der Waals surface area (Å²) in [5.74, 6) is -0.896. The van der Waals surface area contributed by atoms with Gasteiger partial charge in [0.15, 0.2) is 0 Å². The van der Waals surface area contributed by atoms with Crippen LogP contribution >= 0.6 is 0 Å². The highest BCUT2D eigenvalue weighted by atomic mass is 16.4. The molecule has 108 valence electrons. The minimum Gasteiger partial charge on any atom is -0.480 e. The smallest absolute Gasteiger partial charge is 0.326 e. The molecule has 0 bridgehead atoms. The van der Waals surface area contributed by atoms with E-state index < -0.39 is 12.0 Å². The quantitative estimate of drug-likeness (QED) is 0.666. The van der Waals surface area contributed by atoms with Crippen LogP contribution in [-0.2, 0) is 4.79 Å². The summed E-state index contributed by atoms with van der Waals surface area (Å²) in [4.78, 5) is 24.9. The van der Waals surface area contributed by atoms with Crippen molar-refractivity contribution in [1.82, 2.24) is 10.2 Å². The number of carbonyl (C=O) groups is 2. The molecular formula is C13H22N2O4. The summed E-state index contributed by atoms with van der Waals surface area (Å²) in [7, 11) is 0. The Hall–Kier alpha value is -1.30. The van der Waals surface area contributed by atoms with Crippen LogP contribution in [-0.4, -0.2) is 52.3 Å². The fourth-order valence-electron chi connectivity index (χ4n) is 2.80. The van der Waals surface area contributed by atoms with Crippen molar-refractivity contribution in [2.75, 3.05) is 13.2 Å². The molecule has 3 N–H and O–H groups in total. The number of rotatable bonds is 6. The molecule has 6 nitrogen and oxygen atoms in total. The van der Waals surface area contributed by atoms with E-state index in [0.717, 1.165) is 38.5 Å². The summed E-state index contributed by atoms with van der Waals surface area (Å²) < 4.78 is 0. The molecule has 2 fully saturated rings. The lowest BCUT2D eigenvalue weighted by Crippen LogP contribution is -2.52. The van der Waals surface area contributed by atoms with Crippen LogP contribution in [0.1, 0.15) is 38.5 Å². The van der Waals surface area contributed by atoms with Gasteiger partial charge in [-0.15, -0.1) is 0 Å². The van der Waals surface area contributed by atoms with Crippen LogP contribution in [0.5, 0.6) is 0 Å². The van der Waals surface area contributed by atoms with Crippen molar-refractivity contribution in [3.05, 3.63) is 0 Å². The Kier molecular flexibility index (Phi) is 4.63. The first kappa shape index (κ1) is 14.1. The summed E-state index contributed by atoms with van der Waals surface area (Å²) in [6.45, 7) is 0.179. The van der Waals surface area contributed by atoms with Crippen molar-refractivity contribution in [2.45, 2.75) is 50.6 Å². The number of amides is 2. The average molecular weight is 270 g/mol. The average Bonchev–Trinajstić information content (AvgIpc) is 3.07. The summed E-state index contributed by atoms with van der Waals surface area (Å²) in [5, 5.41) is 20.8. The van der Waals surface area contributed by atoms with E-state index in [4.69, 9.17) is 10.2 Å². The topological polar surface area (TPSA) is 89.9 Å². The molecule has 2 amide bonds. The maximum atomic E-state index is 12.2. The van der Waals surface area contributed by atoms with Crippen LogP contribution in [0, 0.1) is 5.92 Å². The molecule has 0 aromatic rings. The molecule has 0 spiro atoms. The minimum atomic E-state index is -0.966. The Morgan fingerprint density at radius 3 is 2.32 bits per heavy atom. The van der Waals surface area contributed by atoms with E-state index in [1.54, 1.807) is 4.90 Å². The van der Waals surface area contributed by atoms with Gasteiger partial charge in [0.1, 0.15) is 6.04 Å². The van der Waals surface area contributed by atoms with Crippen LogP contribution in [0.15, 0.2) is 0 Å². The van der Waals surface area contributed by atoms with Gasteiger partial charge >= 0.3 is 12.0 Å². The fourth-order valence-corrected chi connectivity index (χ4v) is 2.80. The second-order valence-corrected chi connectivity index (χ2v) is 5.46. The van der Waals surface area contributed by atoms with Crippen molar-refractivity contribution in [3.63, 3.8) is 0 Å². The largest absolute Gasteiger partial charge is 0.480 e. The number of nitrogens with one attached hydrogen (secondary N) is 1. The maximum absolute atomic E-state index is 12.2. The Morgan fingerprint density at radius 1 is 1.21 bits per heavy atom. The number of carboxylic acid groups (broad SMARTS) is 1. The van der Waals surface area contributed by atoms with E-state index in [1.165, 1.54) is 0 Å². The van der Waals surface area contributed by atoms with Crippen molar-refractivity contribution < 1.29 is 19.8 Å². The predicted molar refractivity (Wildman–Crippen MR) is 68.7 cm³/mol. The van der Waals surface area contributed by atoms with Gasteiger partial charge in [0.25, 0.3) is 0 Å². The van der Waals surface area contributed by atoms with E-state index in [1.807, 2.05) is 0 Å². The third-order valence-electron chi connectivity index (χ3n) is 4.01. The monoisotopic (exact) mass is 270 g/mol. The third-order valence-corrected chi connectivity index (χ3v) is 4.01. The zero-order valence-corrected chi connectivity index (χ0v) is 11.0. The Bertz CT molecular complexity index is 338. The van der Waals surface area contributed by atoms with E-state index in [-0.39, 0.29) is 31.1 Å². The summed E-state index contributed by atoms with van der Waals surface area (Å²) in [5.41, 5.74) is 0. The van der Waals surface area contributed by atoms with Gasteiger partial charge in [0.2, 0.25) is 0 Å². The van der Waals surface area contributed by atoms with Crippen molar-refractivity contribution >= 4 is 12.0 Å². The molecule has 0 aromatic carbocycles. The molecule has 0 saturated heterocycles. The Morgan fingerprint density at radius 2 is 1.84 bits per heavy atom. The highest BCUT2D eigenvalue weighted by Crippen LogP contribution is 2.33. The fraction of sp³-hybridized carbons (Fsp3) is 0.846. The number of nitrogens with zero attached hydrogens (tertiary/aromatic N) is 1. The van der Waals surface area contributed by atoms with Crippen LogP contribution in [0.25, 0.3) is 0 Å². The Balaban J connectivity index is 1.95. The number of hydrogen-bond acceptors (Lipinski definition) is 3. The van der Waals surface area contributed by atoms with Gasteiger partial charge in [-0.05, 0) is 31.6 Å². The number of aliphatic carboxylic acids is 1. The number of hydrogen-bond donors (Lipinski definition) is 3. The van der Waals surface area contributed by atoms with Gasteiger partial charge in [-0.3, -0.25) is 0 Å². The lowest BCUT2D eigenvalue weighted by Gasteiger charge is -2.29. The van der Waals surface area contributed by atoms with Crippen LogP contribution in [0.3, 0.4) is 0 Å². The number of aliphatic hydroxyl groups is 1. The number of carboxylic acids is 1. The SMILES string of the molecule is O=C(O)C(NC(=O)N(CCO)C1CCCC1)C1CC1. The molecule has 0 aliphatic heterocycles. The first-order valence-corrected chi connectivity index (χ1v) is 7.04. The number of urea groups is 1. The second kappa shape index (κ2) is 6.23. The van der Waals surface area contributed by atoms with Crippen molar-refractivity contribution in [3.8, 4) is 0 Å². The predicted octanol–water partition coefficient (Wildman–Crippen LogP) is 0.796. The zero-order valence-electron chi connectivity index (χ0n) is 11.0. The van der Waals surface area contributed by atoms with Gasteiger partial charge < -0.3 is 20.4 Å². The minimum absolute atomic E-state index is 0.0704. The van der Waals surface area contributed by atoms with Gasteiger partial charge in [-0.25, -0.2) is 9.59 Å². The molecule has 2 aliphatic carbocycles. The molecule has 19 heavy (non-hydrogen) atoms. The standard InChI is InChI=1S/C13H22N2O4/c16-8-7-15(10-3-1-2-4-10)13(19)14-11(12(17)18)9-5-6-9/h9-11,16H,1-8H2,(H,14,19)(H,17,18). The molecule has 0 aromatic heterocycles. The number of carbonyl (C=O) groups excluding carboxylic acids is 1. The lowest BCUT2D eigenvalue weighted by atomic mass is 10.2. The molecular weight excluding hydrogens is 248 g/mol. The summed E-state index contributed by atoms with van der Waals surface area (Å²) >= 11 is 0. The molecule has 1 unspecified atom stereocenters. The van der Waals surface area contributed by atoms with Crippen molar-refractivity contribution in [2.24, 2.45) is 5.92 Å². The Labute approximate surface area is 112 Å².